The average Bonchev–Trinajstić information content (AvgIpc) is 2.41. The van der Waals surface area contributed by atoms with E-state index in [1.54, 1.807) is 0 Å². The van der Waals surface area contributed by atoms with E-state index in [9.17, 15) is 4.79 Å². The van der Waals surface area contributed by atoms with Crippen LogP contribution in [0.2, 0.25) is 0 Å². The van der Waals surface area contributed by atoms with Gasteiger partial charge in [0.1, 0.15) is 0 Å². The highest BCUT2D eigenvalue weighted by Gasteiger charge is 2.28. The van der Waals surface area contributed by atoms with Gasteiger partial charge in [0.15, 0.2) is 0 Å². The lowest BCUT2D eigenvalue weighted by Gasteiger charge is -2.38. The molecule has 1 aromatic carbocycles. The number of rotatable bonds is 3. The number of benzene rings is 1. The van der Waals surface area contributed by atoms with Crippen molar-refractivity contribution >= 4 is 30.1 Å². The fourth-order valence-corrected chi connectivity index (χ4v) is 3.29. The average molecular weight is 329 g/mol. The van der Waals surface area contributed by atoms with Crippen LogP contribution in [0.15, 0.2) is 29.2 Å². The van der Waals surface area contributed by atoms with Gasteiger partial charge in [0, 0.05) is 40.9 Å². The van der Waals surface area contributed by atoms with Crippen LogP contribution in [-0.4, -0.2) is 41.2 Å². The van der Waals surface area contributed by atoms with Crippen LogP contribution in [-0.2, 0) is 0 Å². The fraction of sp³-hybridized carbons (Fsp3) is 0.562. The molecular formula is C16H25ClN2OS. The molecule has 1 N–H and O–H groups in total. The molecule has 0 bridgehead atoms. The number of nitrogens with one attached hydrogen (secondary N) is 1. The topological polar surface area (TPSA) is 32.3 Å². The van der Waals surface area contributed by atoms with Crippen molar-refractivity contribution < 1.29 is 4.79 Å². The third-order valence-electron chi connectivity index (χ3n) is 3.77. The van der Waals surface area contributed by atoms with Crippen molar-refractivity contribution in [2.45, 2.75) is 49.9 Å². The Bertz CT molecular complexity index is 464. The van der Waals surface area contributed by atoms with Gasteiger partial charge < -0.3 is 10.2 Å². The molecule has 2 rings (SSSR count). The molecule has 3 nitrogen and oxygen atoms in total. The Morgan fingerprint density at radius 2 is 1.90 bits per heavy atom. The molecule has 1 aliphatic heterocycles. The maximum absolute atomic E-state index is 12.6. The number of carbonyl (C=O) groups is 1. The lowest BCUT2D eigenvalue weighted by Crippen LogP contribution is -2.57. The van der Waals surface area contributed by atoms with Gasteiger partial charge in [0.2, 0.25) is 0 Å². The minimum atomic E-state index is 0. The Morgan fingerprint density at radius 1 is 1.29 bits per heavy atom. The number of piperazine rings is 1. The van der Waals surface area contributed by atoms with Crippen molar-refractivity contribution in [1.82, 2.24) is 10.2 Å². The van der Waals surface area contributed by atoms with E-state index in [1.807, 2.05) is 40.9 Å². The fourth-order valence-electron chi connectivity index (χ4n) is 2.46. The highest BCUT2D eigenvalue weighted by molar-refractivity contribution is 7.99. The van der Waals surface area contributed by atoms with E-state index < -0.39 is 0 Å². The summed E-state index contributed by atoms with van der Waals surface area (Å²) in [6.45, 7) is 10.2. The maximum Gasteiger partial charge on any atom is 0.254 e. The van der Waals surface area contributed by atoms with Gasteiger partial charge in [-0.1, -0.05) is 13.8 Å². The first-order chi connectivity index (χ1) is 9.49. The summed E-state index contributed by atoms with van der Waals surface area (Å²) < 4.78 is 0. The Morgan fingerprint density at radius 3 is 2.48 bits per heavy atom. The van der Waals surface area contributed by atoms with Gasteiger partial charge in [-0.3, -0.25) is 4.79 Å². The molecule has 118 valence electrons. The van der Waals surface area contributed by atoms with Crippen molar-refractivity contribution in [2.75, 3.05) is 13.1 Å². The molecule has 1 aromatic rings. The zero-order chi connectivity index (χ0) is 14.7. The van der Waals surface area contributed by atoms with Crippen LogP contribution >= 0.6 is 24.2 Å². The number of nitrogens with zero attached hydrogens (tertiary/aromatic N) is 1. The molecule has 1 amide bonds. The molecule has 1 aliphatic rings. The smallest absolute Gasteiger partial charge is 0.254 e. The largest absolute Gasteiger partial charge is 0.333 e. The van der Waals surface area contributed by atoms with Crippen molar-refractivity contribution in [3.63, 3.8) is 0 Å². The third kappa shape index (κ3) is 4.63. The first kappa shape index (κ1) is 18.3. The monoisotopic (exact) mass is 328 g/mol. The van der Waals surface area contributed by atoms with E-state index in [4.69, 9.17) is 0 Å². The summed E-state index contributed by atoms with van der Waals surface area (Å²) in [6.07, 6.45) is 0. The summed E-state index contributed by atoms with van der Waals surface area (Å²) in [7, 11) is 0. The van der Waals surface area contributed by atoms with Crippen molar-refractivity contribution in [3.8, 4) is 0 Å². The molecular weight excluding hydrogens is 304 g/mol. The second-order valence-corrected chi connectivity index (χ2v) is 7.32. The Balaban J connectivity index is 0.00000220. The standard InChI is InChI=1S/C16H24N2OS.ClH/c1-11(2)20-15-7-5-14(6-8-15)16(19)18-10-9-17-12(3)13(18)4;/h5-8,11-13,17H,9-10H2,1-4H3;1H. The van der Waals surface area contributed by atoms with Crippen LogP contribution in [0.1, 0.15) is 38.1 Å². The number of halogens is 1. The van der Waals surface area contributed by atoms with Gasteiger partial charge in [0.05, 0.1) is 0 Å². The number of amides is 1. The number of thioether (sulfide) groups is 1. The molecule has 0 saturated carbocycles. The number of hydrogen-bond acceptors (Lipinski definition) is 3. The summed E-state index contributed by atoms with van der Waals surface area (Å²) in [4.78, 5) is 15.8. The zero-order valence-corrected chi connectivity index (χ0v) is 14.8. The Kier molecular flexibility index (Phi) is 7.04. The molecule has 1 heterocycles. The summed E-state index contributed by atoms with van der Waals surface area (Å²) >= 11 is 1.82. The summed E-state index contributed by atoms with van der Waals surface area (Å²) in [5.41, 5.74) is 0.791. The molecule has 2 atom stereocenters. The molecule has 21 heavy (non-hydrogen) atoms. The van der Waals surface area contributed by atoms with E-state index in [-0.39, 0.29) is 24.4 Å². The summed E-state index contributed by atoms with van der Waals surface area (Å²) in [5, 5.41) is 3.96. The van der Waals surface area contributed by atoms with E-state index >= 15 is 0 Å². The SMILES string of the molecule is CC(C)Sc1ccc(C(=O)N2CCNC(C)C2C)cc1.Cl. The van der Waals surface area contributed by atoms with Crippen LogP contribution in [0.4, 0.5) is 0 Å². The van der Waals surface area contributed by atoms with E-state index in [1.165, 1.54) is 4.90 Å². The van der Waals surface area contributed by atoms with Crippen molar-refractivity contribution in [3.05, 3.63) is 29.8 Å². The molecule has 0 spiro atoms. The third-order valence-corrected chi connectivity index (χ3v) is 4.78. The molecule has 2 unspecified atom stereocenters. The summed E-state index contributed by atoms with van der Waals surface area (Å²) in [5.74, 6) is 0.145. The van der Waals surface area contributed by atoms with Gasteiger partial charge >= 0.3 is 0 Å². The van der Waals surface area contributed by atoms with Gasteiger partial charge in [-0.2, -0.15) is 0 Å². The van der Waals surface area contributed by atoms with E-state index in [0.29, 0.717) is 11.3 Å². The molecule has 0 radical (unpaired) electrons. The first-order valence-corrected chi connectivity index (χ1v) is 8.18. The van der Waals surface area contributed by atoms with E-state index in [0.717, 1.165) is 18.7 Å². The summed E-state index contributed by atoms with van der Waals surface area (Å²) in [6, 6.07) is 8.59. The number of carbonyl (C=O) groups excluding carboxylic acids is 1. The Hall–Kier alpha value is -0.710. The van der Waals surface area contributed by atoms with Crippen LogP contribution < -0.4 is 5.32 Å². The van der Waals surface area contributed by atoms with Crippen LogP contribution in [0.25, 0.3) is 0 Å². The van der Waals surface area contributed by atoms with Gasteiger partial charge in [-0.05, 0) is 38.1 Å². The predicted molar refractivity (Wildman–Crippen MR) is 92.6 cm³/mol. The zero-order valence-electron chi connectivity index (χ0n) is 13.1. The predicted octanol–water partition coefficient (Wildman–Crippen LogP) is 3.43. The lowest BCUT2D eigenvalue weighted by atomic mass is 10.1. The van der Waals surface area contributed by atoms with E-state index in [2.05, 4.69) is 33.0 Å². The quantitative estimate of drug-likeness (QED) is 0.863. The lowest BCUT2D eigenvalue weighted by molar-refractivity contribution is 0.0603. The second kappa shape index (κ2) is 8.06. The van der Waals surface area contributed by atoms with Crippen LogP contribution in [0, 0.1) is 0 Å². The molecule has 0 aliphatic carbocycles. The minimum absolute atomic E-state index is 0. The van der Waals surface area contributed by atoms with Gasteiger partial charge in [-0.15, -0.1) is 24.2 Å². The number of hydrogen-bond donors (Lipinski definition) is 1. The second-order valence-electron chi connectivity index (χ2n) is 5.67. The molecule has 0 aromatic heterocycles. The first-order valence-electron chi connectivity index (χ1n) is 7.30. The van der Waals surface area contributed by atoms with Crippen LogP contribution in [0.5, 0.6) is 0 Å². The maximum atomic E-state index is 12.6. The minimum Gasteiger partial charge on any atom is -0.333 e. The van der Waals surface area contributed by atoms with Crippen molar-refractivity contribution in [2.24, 2.45) is 0 Å². The molecule has 1 fully saturated rings. The van der Waals surface area contributed by atoms with Crippen LogP contribution in [0.3, 0.4) is 0 Å². The Labute approximate surface area is 138 Å². The van der Waals surface area contributed by atoms with Gasteiger partial charge in [-0.25, -0.2) is 0 Å². The highest BCUT2D eigenvalue weighted by Crippen LogP contribution is 2.23. The van der Waals surface area contributed by atoms with Crippen molar-refractivity contribution in [1.29, 1.82) is 0 Å². The normalized spacial score (nSPS) is 22.0. The van der Waals surface area contributed by atoms with Gasteiger partial charge in [0.25, 0.3) is 5.91 Å². The molecule has 5 heteroatoms. The highest BCUT2D eigenvalue weighted by atomic mass is 35.5. The molecule has 1 saturated heterocycles.